The molecule has 0 aliphatic carbocycles. The van der Waals surface area contributed by atoms with Crippen molar-refractivity contribution in [3.05, 3.63) is 0 Å². The number of hydrogen-bond acceptors (Lipinski definition) is 2. The van der Waals surface area contributed by atoms with Gasteiger partial charge in [0.15, 0.2) is 0 Å². The van der Waals surface area contributed by atoms with Gasteiger partial charge >= 0.3 is 15.2 Å². The van der Waals surface area contributed by atoms with E-state index in [1.807, 2.05) is 0 Å². The van der Waals surface area contributed by atoms with Crippen molar-refractivity contribution in [3.8, 4) is 0 Å². The molecule has 0 fully saturated rings. The lowest BCUT2D eigenvalue weighted by Gasteiger charge is -2.23. The third-order valence-electron chi connectivity index (χ3n) is 2.59. The van der Waals surface area contributed by atoms with Crippen LogP contribution in [0.2, 0.25) is 0 Å². The van der Waals surface area contributed by atoms with Crippen LogP contribution in [0.5, 0.6) is 0 Å². The van der Waals surface area contributed by atoms with Gasteiger partial charge in [-0.1, -0.05) is 20.3 Å². The van der Waals surface area contributed by atoms with E-state index in [1.54, 1.807) is 13.8 Å². The first kappa shape index (κ1) is 16.3. The van der Waals surface area contributed by atoms with Crippen molar-refractivity contribution in [2.75, 3.05) is 0 Å². The Labute approximate surface area is 95.4 Å². The molecule has 0 rings (SSSR count). The van der Waals surface area contributed by atoms with E-state index in [4.69, 9.17) is 19.6 Å². The maximum absolute atomic E-state index is 11.1. The molecule has 0 heterocycles. The van der Waals surface area contributed by atoms with Crippen LogP contribution in [-0.2, 0) is 9.13 Å². The van der Waals surface area contributed by atoms with E-state index in [0.29, 0.717) is 6.42 Å². The fraction of sp³-hybridized carbons (Fsp3) is 1.00. The van der Waals surface area contributed by atoms with E-state index in [1.165, 1.54) is 0 Å². The Morgan fingerprint density at radius 2 is 1.38 bits per heavy atom. The molecule has 2 atom stereocenters. The van der Waals surface area contributed by atoms with Gasteiger partial charge in [-0.15, -0.1) is 0 Å². The monoisotopic (exact) mass is 274 g/mol. The van der Waals surface area contributed by atoms with Crippen LogP contribution < -0.4 is 0 Å². The highest BCUT2D eigenvalue weighted by Gasteiger charge is 2.36. The molecule has 0 spiro atoms. The fourth-order valence-electron chi connectivity index (χ4n) is 1.61. The molecule has 0 aromatic carbocycles. The largest absolute Gasteiger partial charge is 0.328 e. The Hall–Kier alpha value is 0.300. The van der Waals surface area contributed by atoms with Crippen LogP contribution in [0.25, 0.3) is 0 Å². The molecule has 6 nitrogen and oxygen atoms in total. The molecule has 98 valence electrons. The summed E-state index contributed by atoms with van der Waals surface area (Å²) < 4.78 is 22.2. The summed E-state index contributed by atoms with van der Waals surface area (Å²) in [5.74, 6) is 0. The van der Waals surface area contributed by atoms with Crippen molar-refractivity contribution in [1.29, 1.82) is 0 Å². The summed E-state index contributed by atoms with van der Waals surface area (Å²) in [6.45, 7) is 3.38. The summed E-state index contributed by atoms with van der Waals surface area (Å²) in [6.07, 6.45) is 0.942. The zero-order valence-electron chi connectivity index (χ0n) is 9.48. The molecule has 0 saturated heterocycles. The van der Waals surface area contributed by atoms with Crippen LogP contribution in [0.4, 0.5) is 0 Å². The van der Waals surface area contributed by atoms with Gasteiger partial charge in [0.2, 0.25) is 0 Å². The van der Waals surface area contributed by atoms with Crippen molar-refractivity contribution in [2.45, 2.75) is 50.8 Å². The number of hydrogen-bond donors (Lipinski definition) is 4. The van der Waals surface area contributed by atoms with Crippen molar-refractivity contribution in [3.63, 3.8) is 0 Å². The lowest BCUT2D eigenvalue weighted by molar-refractivity contribution is 0.333. The minimum absolute atomic E-state index is 0.126. The molecule has 8 heteroatoms. The average Bonchev–Trinajstić information content (AvgIpc) is 2.07. The lowest BCUT2D eigenvalue weighted by atomic mass is 10.1. The van der Waals surface area contributed by atoms with E-state index in [2.05, 4.69) is 0 Å². The smallest absolute Gasteiger partial charge is 0.324 e. The second kappa shape index (κ2) is 6.29. The van der Waals surface area contributed by atoms with Gasteiger partial charge in [-0.2, -0.15) is 0 Å². The molecule has 0 bridgehead atoms. The minimum atomic E-state index is -4.27. The molecule has 2 unspecified atom stereocenters. The molecule has 0 radical (unpaired) electrons. The molecule has 0 amide bonds. The Bertz CT molecular complexity index is 293. The van der Waals surface area contributed by atoms with Crippen molar-refractivity contribution in [2.24, 2.45) is 0 Å². The van der Waals surface area contributed by atoms with Gasteiger partial charge in [0.05, 0.1) is 11.3 Å². The summed E-state index contributed by atoms with van der Waals surface area (Å²) in [7, 11) is -8.54. The molecule has 0 aromatic heterocycles. The predicted molar refractivity (Wildman–Crippen MR) is 61.5 cm³/mol. The first-order chi connectivity index (χ1) is 7.12. The molecular weight excluding hydrogens is 254 g/mol. The van der Waals surface area contributed by atoms with Crippen LogP contribution in [0.1, 0.15) is 39.5 Å². The molecule has 4 N–H and O–H groups in total. The second-order valence-corrected chi connectivity index (χ2v) is 7.74. The summed E-state index contributed by atoms with van der Waals surface area (Å²) in [5.41, 5.74) is -1.91. The van der Waals surface area contributed by atoms with Crippen molar-refractivity contribution in [1.82, 2.24) is 0 Å². The number of rotatable bonds is 7. The molecule has 0 aliphatic rings. The Kier molecular flexibility index (Phi) is 6.41. The summed E-state index contributed by atoms with van der Waals surface area (Å²) >= 11 is 0. The third-order valence-corrected chi connectivity index (χ3v) is 5.54. The summed E-state index contributed by atoms with van der Waals surface area (Å²) in [6, 6.07) is 0. The summed E-state index contributed by atoms with van der Waals surface area (Å²) in [4.78, 5) is 36.2. The highest BCUT2D eigenvalue weighted by Crippen LogP contribution is 2.52. The van der Waals surface area contributed by atoms with Crippen LogP contribution in [0.3, 0.4) is 0 Å². The minimum Gasteiger partial charge on any atom is -0.324 e. The maximum atomic E-state index is 11.1. The Morgan fingerprint density at radius 1 is 0.938 bits per heavy atom. The topological polar surface area (TPSA) is 115 Å². The fourth-order valence-corrected chi connectivity index (χ4v) is 3.91. The van der Waals surface area contributed by atoms with Crippen LogP contribution in [0, 0.1) is 0 Å². The van der Waals surface area contributed by atoms with Gasteiger partial charge in [-0.25, -0.2) is 0 Å². The first-order valence-corrected chi connectivity index (χ1v) is 8.59. The van der Waals surface area contributed by atoms with Gasteiger partial charge in [-0.3, -0.25) is 9.13 Å². The van der Waals surface area contributed by atoms with Crippen LogP contribution >= 0.6 is 15.2 Å². The Morgan fingerprint density at radius 3 is 1.62 bits per heavy atom. The van der Waals surface area contributed by atoms with Crippen LogP contribution in [-0.4, -0.2) is 30.9 Å². The van der Waals surface area contributed by atoms with Gasteiger partial charge < -0.3 is 19.6 Å². The first-order valence-electron chi connectivity index (χ1n) is 5.23. The van der Waals surface area contributed by atoms with Crippen LogP contribution in [0.15, 0.2) is 0 Å². The van der Waals surface area contributed by atoms with Gasteiger partial charge in [0.25, 0.3) is 0 Å². The maximum Gasteiger partial charge on any atom is 0.328 e. The highest BCUT2D eigenvalue weighted by atomic mass is 31.2. The van der Waals surface area contributed by atoms with Gasteiger partial charge in [0.1, 0.15) is 0 Å². The lowest BCUT2D eigenvalue weighted by Crippen LogP contribution is -2.18. The van der Waals surface area contributed by atoms with E-state index < -0.39 is 26.5 Å². The highest BCUT2D eigenvalue weighted by molar-refractivity contribution is 7.53. The average molecular weight is 274 g/mol. The van der Waals surface area contributed by atoms with Gasteiger partial charge in [-0.05, 0) is 19.3 Å². The van der Waals surface area contributed by atoms with Crippen molar-refractivity contribution < 1.29 is 28.7 Å². The quantitative estimate of drug-likeness (QED) is 0.525. The van der Waals surface area contributed by atoms with E-state index in [9.17, 15) is 9.13 Å². The molecule has 0 saturated carbocycles. The SMILES string of the molecule is CCCC(CC(CC)P(=O)(O)O)P(=O)(O)O. The molecule has 16 heavy (non-hydrogen) atoms. The third kappa shape index (κ3) is 5.58. The Balaban J connectivity index is 4.74. The molecule has 0 aliphatic heterocycles. The zero-order valence-corrected chi connectivity index (χ0v) is 11.3. The molecular formula is C8H20O6P2. The second-order valence-electron chi connectivity index (χ2n) is 3.92. The normalized spacial score (nSPS) is 17.1. The van der Waals surface area contributed by atoms with E-state index in [-0.39, 0.29) is 19.3 Å². The molecule has 0 aromatic rings. The predicted octanol–water partition coefficient (Wildman–Crippen LogP) is 1.68. The summed E-state index contributed by atoms with van der Waals surface area (Å²) in [5, 5.41) is 0. The standard InChI is InChI=1S/C8H20O6P2/c1-3-5-8(16(12,13)14)6-7(4-2)15(9,10)11/h7-8H,3-6H2,1-2H3,(H2,9,10,11)(H2,12,13,14). The zero-order chi connectivity index (χ0) is 13.0. The van der Waals surface area contributed by atoms with Gasteiger partial charge in [0, 0.05) is 0 Å². The van der Waals surface area contributed by atoms with Crippen molar-refractivity contribution >= 4 is 15.2 Å². The van der Waals surface area contributed by atoms with E-state index in [0.717, 1.165) is 0 Å². The van der Waals surface area contributed by atoms with E-state index >= 15 is 0 Å².